The van der Waals surface area contributed by atoms with Crippen molar-refractivity contribution < 1.29 is 13.9 Å². The lowest BCUT2D eigenvalue weighted by Crippen LogP contribution is -2.14. The van der Waals surface area contributed by atoms with Crippen LogP contribution in [0, 0.1) is 11.3 Å². The molecule has 0 atom stereocenters. The maximum Gasteiger partial charge on any atom is 0.266 e. The van der Waals surface area contributed by atoms with Crippen LogP contribution < -0.4 is 10.1 Å². The van der Waals surface area contributed by atoms with Crippen molar-refractivity contribution in [2.45, 2.75) is 0 Å². The molecule has 0 aliphatic carbocycles. The number of nitrogens with one attached hydrogen (secondary N) is 1. The molecule has 2 aromatic carbocycles. The van der Waals surface area contributed by atoms with Crippen LogP contribution in [0.5, 0.6) is 5.75 Å². The van der Waals surface area contributed by atoms with Crippen molar-refractivity contribution >= 4 is 40.9 Å². The third-order valence-electron chi connectivity index (χ3n) is 3.78. The van der Waals surface area contributed by atoms with E-state index in [1.165, 1.54) is 13.2 Å². The molecule has 0 radical (unpaired) electrons. The van der Waals surface area contributed by atoms with E-state index < -0.39 is 5.91 Å². The van der Waals surface area contributed by atoms with Crippen LogP contribution in [0.2, 0.25) is 10.0 Å². The molecule has 7 heteroatoms. The molecule has 28 heavy (non-hydrogen) atoms. The van der Waals surface area contributed by atoms with E-state index in [1.807, 2.05) is 6.07 Å². The fourth-order valence-electron chi connectivity index (χ4n) is 2.51. The first-order valence-electron chi connectivity index (χ1n) is 8.12. The number of methoxy groups -OCH3 is 1. The quantitative estimate of drug-likeness (QED) is 0.423. The number of carbonyl (C=O) groups is 1. The van der Waals surface area contributed by atoms with Gasteiger partial charge in [0.05, 0.1) is 12.8 Å². The molecule has 140 valence electrons. The summed E-state index contributed by atoms with van der Waals surface area (Å²) in [5.74, 6) is 0.776. The minimum atomic E-state index is -0.573. The molecule has 0 saturated carbocycles. The summed E-state index contributed by atoms with van der Waals surface area (Å²) >= 11 is 12.0. The van der Waals surface area contributed by atoms with Crippen molar-refractivity contribution in [2.75, 3.05) is 12.4 Å². The third-order valence-corrected chi connectivity index (χ3v) is 4.22. The van der Waals surface area contributed by atoms with Crippen molar-refractivity contribution in [3.05, 3.63) is 76.0 Å². The van der Waals surface area contributed by atoms with Crippen LogP contribution in [-0.2, 0) is 4.79 Å². The topological polar surface area (TPSA) is 75.3 Å². The van der Waals surface area contributed by atoms with Gasteiger partial charge < -0.3 is 14.5 Å². The van der Waals surface area contributed by atoms with Gasteiger partial charge in [0, 0.05) is 21.7 Å². The number of amides is 1. The second-order valence-corrected chi connectivity index (χ2v) is 6.56. The van der Waals surface area contributed by atoms with Gasteiger partial charge in [0.2, 0.25) is 0 Å². The average Bonchev–Trinajstić information content (AvgIpc) is 3.14. The molecule has 1 heterocycles. The maximum atomic E-state index is 12.4. The number of ether oxygens (including phenoxy) is 1. The van der Waals surface area contributed by atoms with E-state index in [-0.39, 0.29) is 5.57 Å². The Balaban J connectivity index is 1.84. The number of nitriles is 1. The molecule has 3 aromatic rings. The number of benzene rings is 2. The molecular formula is C21H14Cl2N2O3. The highest BCUT2D eigenvalue weighted by Crippen LogP contribution is 2.29. The molecule has 0 aliphatic rings. The summed E-state index contributed by atoms with van der Waals surface area (Å²) in [5.41, 5.74) is 1.04. The van der Waals surface area contributed by atoms with Crippen molar-refractivity contribution in [3.8, 4) is 23.1 Å². The number of carbonyl (C=O) groups excluding carboxylic acids is 1. The summed E-state index contributed by atoms with van der Waals surface area (Å²) in [6, 6.07) is 17.2. The van der Waals surface area contributed by atoms with E-state index in [9.17, 15) is 10.1 Å². The maximum absolute atomic E-state index is 12.4. The van der Waals surface area contributed by atoms with E-state index in [2.05, 4.69) is 5.32 Å². The predicted octanol–water partition coefficient (Wildman–Crippen LogP) is 5.81. The minimum absolute atomic E-state index is 0.115. The Bertz CT molecular complexity index is 1080. The first-order valence-corrected chi connectivity index (χ1v) is 8.88. The first-order chi connectivity index (χ1) is 13.5. The normalized spacial score (nSPS) is 11.0. The van der Waals surface area contributed by atoms with Gasteiger partial charge in [-0.2, -0.15) is 5.26 Å². The smallest absolute Gasteiger partial charge is 0.266 e. The van der Waals surface area contributed by atoms with Gasteiger partial charge >= 0.3 is 0 Å². The number of halogens is 2. The Morgan fingerprint density at radius 1 is 1.14 bits per heavy atom. The van der Waals surface area contributed by atoms with E-state index >= 15 is 0 Å². The zero-order valence-electron chi connectivity index (χ0n) is 14.7. The number of rotatable bonds is 5. The monoisotopic (exact) mass is 412 g/mol. The second kappa shape index (κ2) is 8.66. The highest BCUT2D eigenvalue weighted by Gasteiger charge is 2.14. The van der Waals surface area contributed by atoms with Crippen molar-refractivity contribution in [2.24, 2.45) is 0 Å². The van der Waals surface area contributed by atoms with Gasteiger partial charge in [-0.15, -0.1) is 0 Å². The fraction of sp³-hybridized carbons (Fsp3) is 0.0476. The molecule has 1 aromatic heterocycles. The molecule has 1 amide bonds. The standard InChI is InChI=1S/C21H14Cl2N2O3/c1-27-20-5-3-2-4-18(20)25-21(26)14(12-24)10-17-6-7-19(28-17)13-8-15(22)11-16(23)9-13/h2-11H,1H3,(H,25,26). The van der Waals surface area contributed by atoms with Crippen LogP contribution in [0.15, 0.2) is 64.6 Å². The zero-order valence-corrected chi connectivity index (χ0v) is 16.2. The number of hydrogen-bond acceptors (Lipinski definition) is 4. The minimum Gasteiger partial charge on any atom is -0.495 e. The highest BCUT2D eigenvalue weighted by molar-refractivity contribution is 6.35. The second-order valence-electron chi connectivity index (χ2n) is 5.68. The Morgan fingerprint density at radius 2 is 1.86 bits per heavy atom. The molecule has 1 N–H and O–H groups in total. The molecule has 0 fully saturated rings. The fourth-order valence-corrected chi connectivity index (χ4v) is 3.04. The average molecular weight is 413 g/mol. The van der Waals surface area contributed by atoms with E-state index in [0.29, 0.717) is 38.6 Å². The van der Waals surface area contributed by atoms with Crippen LogP contribution >= 0.6 is 23.2 Å². The van der Waals surface area contributed by atoms with Gasteiger partial charge in [-0.1, -0.05) is 35.3 Å². The Hall–Kier alpha value is -3.20. The van der Waals surface area contributed by atoms with Gasteiger partial charge in [0.15, 0.2) is 0 Å². The van der Waals surface area contributed by atoms with Crippen LogP contribution in [0.3, 0.4) is 0 Å². The Morgan fingerprint density at radius 3 is 2.54 bits per heavy atom. The van der Waals surface area contributed by atoms with E-state index in [0.717, 1.165) is 0 Å². The van der Waals surface area contributed by atoms with Gasteiger partial charge in [0.25, 0.3) is 5.91 Å². The number of para-hydroxylation sites is 2. The van der Waals surface area contributed by atoms with Crippen LogP contribution in [0.1, 0.15) is 5.76 Å². The van der Waals surface area contributed by atoms with Crippen molar-refractivity contribution in [3.63, 3.8) is 0 Å². The number of furan rings is 1. The van der Waals surface area contributed by atoms with Crippen LogP contribution in [0.4, 0.5) is 5.69 Å². The van der Waals surface area contributed by atoms with Crippen molar-refractivity contribution in [1.29, 1.82) is 5.26 Å². The Kier molecular flexibility index (Phi) is 6.05. The molecule has 0 saturated heterocycles. The lowest BCUT2D eigenvalue weighted by Gasteiger charge is -2.08. The zero-order chi connectivity index (χ0) is 20.1. The van der Waals surface area contributed by atoms with Crippen LogP contribution in [-0.4, -0.2) is 13.0 Å². The SMILES string of the molecule is COc1ccccc1NC(=O)C(C#N)=Cc1ccc(-c2cc(Cl)cc(Cl)c2)o1. The van der Waals surface area contributed by atoms with Gasteiger partial charge in [-0.05, 0) is 42.5 Å². The van der Waals surface area contributed by atoms with Gasteiger partial charge in [-0.3, -0.25) is 4.79 Å². The molecule has 0 aliphatic heterocycles. The van der Waals surface area contributed by atoms with E-state index in [4.69, 9.17) is 32.4 Å². The molecule has 3 rings (SSSR count). The van der Waals surface area contributed by atoms with E-state index in [1.54, 1.807) is 54.6 Å². The summed E-state index contributed by atoms with van der Waals surface area (Å²) in [6.45, 7) is 0. The number of hydrogen-bond donors (Lipinski definition) is 1. The lowest BCUT2D eigenvalue weighted by atomic mass is 10.2. The summed E-state index contributed by atoms with van der Waals surface area (Å²) in [4.78, 5) is 12.4. The van der Waals surface area contributed by atoms with Gasteiger partial charge in [0.1, 0.15) is 28.9 Å². The third kappa shape index (κ3) is 4.55. The summed E-state index contributed by atoms with van der Waals surface area (Å²) < 4.78 is 10.9. The molecule has 0 unspecified atom stereocenters. The predicted molar refractivity (Wildman–Crippen MR) is 109 cm³/mol. The molecule has 0 spiro atoms. The summed E-state index contributed by atoms with van der Waals surface area (Å²) in [7, 11) is 1.50. The highest BCUT2D eigenvalue weighted by atomic mass is 35.5. The van der Waals surface area contributed by atoms with Crippen molar-refractivity contribution in [1.82, 2.24) is 0 Å². The molecule has 0 bridgehead atoms. The summed E-state index contributed by atoms with van der Waals surface area (Å²) in [5, 5.41) is 13.0. The molecule has 5 nitrogen and oxygen atoms in total. The largest absolute Gasteiger partial charge is 0.495 e. The first kappa shape index (κ1) is 19.6. The van der Waals surface area contributed by atoms with Crippen LogP contribution in [0.25, 0.3) is 17.4 Å². The number of anilines is 1. The summed E-state index contributed by atoms with van der Waals surface area (Å²) in [6.07, 6.45) is 1.36. The molecular weight excluding hydrogens is 399 g/mol. The lowest BCUT2D eigenvalue weighted by molar-refractivity contribution is -0.112. The van der Waals surface area contributed by atoms with Gasteiger partial charge in [-0.25, -0.2) is 0 Å². The Labute approximate surface area is 171 Å². The number of nitrogens with zero attached hydrogens (tertiary/aromatic N) is 1.